The molecular formula is C19H20N2O4S. The zero-order valence-electron chi connectivity index (χ0n) is 14.6. The average Bonchev–Trinajstić information content (AvgIpc) is 3.35. The van der Waals surface area contributed by atoms with Crippen molar-refractivity contribution in [2.45, 2.75) is 13.1 Å². The van der Waals surface area contributed by atoms with Crippen molar-refractivity contribution in [3.8, 4) is 11.5 Å². The molecule has 2 amide bonds. The van der Waals surface area contributed by atoms with Gasteiger partial charge in [-0.1, -0.05) is 6.07 Å². The summed E-state index contributed by atoms with van der Waals surface area (Å²) in [5.74, 6) is 1.17. The first-order valence-corrected chi connectivity index (χ1v) is 8.89. The minimum absolute atomic E-state index is 0.202. The lowest BCUT2D eigenvalue weighted by Gasteiger charge is -2.22. The van der Waals surface area contributed by atoms with Crippen molar-refractivity contribution >= 4 is 23.1 Å². The first-order valence-electron chi connectivity index (χ1n) is 8.01. The third-order valence-corrected chi connectivity index (χ3v) is 4.66. The summed E-state index contributed by atoms with van der Waals surface area (Å²) < 4.78 is 15.6. The zero-order valence-corrected chi connectivity index (χ0v) is 15.4. The van der Waals surface area contributed by atoms with Crippen molar-refractivity contribution in [2.75, 3.05) is 19.5 Å². The summed E-state index contributed by atoms with van der Waals surface area (Å²) in [5.41, 5.74) is 1.57. The molecule has 0 fully saturated rings. The van der Waals surface area contributed by atoms with Gasteiger partial charge in [-0.15, -0.1) is 11.3 Å². The van der Waals surface area contributed by atoms with E-state index >= 15 is 0 Å². The number of carbonyl (C=O) groups is 1. The van der Waals surface area contributed by atoms with Gasteiger partial charge in [0.25, 0.3) is 0 Å². The molecule has 1 N–H and O–H groups in total. The van der Waals surface area contributed by atoms with Crippen LogP contribution in [0.5, 0.6) is 11.5 Å². The Morgan fingerprint density at radius 3 is 2.65 bits per heavy atom. The number of nitrogens with one attached hydrogen (secondary N) is 1. The molecule has 26 heavy (non-hydrogen) atoms. The summed E-state index contributed by atoms with van der Waals surface area (Å²) in [5, 5.41) is 4.92. The van der Waals surface area contributed by atoms with Crippen molar-refractivity contribution < 1.29 is 18.7 Å². The number of rotatable bonds is 7. The van der Waals surface area contributed by atoms with Gasteiger partial charge in [0.05, 0.1) is 39.8 Å². The Morgan fingerprint density at radius 2 is 2.00 bits per heavy atom. The summed E-state index contributed by atoms with van der Waals surface area (Å²) in [4.78, 5) is 15.7. The van der Waals surface area contributed by atoms with Crippen LogP contribution in [-0.2, 0) is 13.1 Å². The van der Waals surface area contributed by atoms with E-state index in [4.69, 9.17) is 13.9 Å². The number of hydrogen-bond acceptors (Lipinski definition) is 5. The molecule has 6 nitrogen and oxygen atoms in total. The van der Waals surface area contributed by atoms with Gasteiger partial charge in [0.2, 0.25) is 0 Å². The van der Waals surface area contributed by atoms with E-state index in [0.29, 0.717) is 30.3 Å². The van der Waals surface area contributed by atoms with Gasteiger partial charge in [-0.3, -0.25) is 0 Å². The third-order valence-electron chi connectivity index (χ3n) is 3.80. The first-order chi connectivity index (χ1) is 12.7. The number of carbonyl (C=O) groups excluding carboxylic acids is 1. The van der Waals surface area contributed by atoms with E-state index in [1.807, 2.05) is 23.6 Å². The molecule has 0 radical (unpaired) electrons. The molecule has 0 unspecified atom stereocenters. The van der Waals surface area contributed by atoms with Gasteiger partial charge in [-0.2, -0.15) is 0 Å². The molecule has 1 aromatic carbocycles. The largest absolute Gasteiger partial charge is 0.493 e. The maximum absolute atomic E-state index is 12.8. The van der Waals surface area contributed by atoms with Crippen LogP contribution >= 0.6 is 11.3 Å². The Morgan fingerprint density at radius 1 is 1.15 bits per heavy atom. The molecule has 0 aliphatic carbocycles. The van der Waals surface area contributed by atoms with E-state index in [2.05, 4.69) is 5.32 Å². The number of nitrogens with zero attached hydrogens (tertiary/aromatic N) is 1. The monoisotopic (exact) mass is 372 g/mol. The molecule has 0 atom stereocenters. The summed E-state index contributed by atoms with van der Waals surface area (Å²) in [7, 11) is 3.13. The number of hydrogen-bond donors (Lipinski definition) is 1. The van der Waals surface area contributed by atoms with Crippen molar-refractivity contribution in [1.82, 2.24) is 4.90 Å². The minimum atomic E-state index is -0.202. The van der Waals surface area contributed by atoms with E-state index in [-0.39, 0.29) is 6.03 Å². The first kappa shape index (κ1) is 17.9. The third kappa shape index (κ3) is 4.37. The van der Waals surface area contributed by atoms with E-state index in [0.717, 1.165) is 10.4 Å². The quantitative estimate of drug-likeness (QED) is 0.659. The van der Waals surface area contributed by atoms with Crippen LogP contribution < -0.4 is 14.8 Å². The number of methoxy groups -OCH3 is 2. The highest BCUT2D eigenvalue weighted by molar-refractivity contribution is 7.09. The molecule has 2 heterocycles. The average molecular weight is 372 g/mol. The number of furan rings is 1. The Kier molecular flexibility index (Phi) is 5.80. The lowest BCUT2D eigenvalue weighted by Crippen LogP contribution is -2.33. The molecule has 3 aromatic rings. The maximum atomic E-state index is 12.8. The summed E-state index contributed by atoms with van der Waals surface area (Å²) in [6.07, 6.45) is 3.25. The van der Waals surface area contributed by atoms with Gasteiger partial charge in [0, 0.05) is 22.2 Å². The molecular weight excluding hydrogens is 352 g/mol. The maximum Gasteiger partial charge on any atom is 0.322 e. The summed E-state index contributed by atoms with van der Waals surface area (Å²) in [6.45, 7) is 0.968. The number of thiophene rings is 1. The highest BCUT2D eigenvalue weighted by Gasteiger charge is 2.17. The fourth-order valence-corrected chi connectivity index (χ4v) is 3.23. The van der Waals surface area contributed by atoms with Crippen LogP contribution in [0.25, 0.3) is 0 Å². The second-order valence-corrected chi connectivity index (χ2v) is 6.60. The van der Waals surface area contributed by atoms with Crippen LogP contribution in [0, 0.1) is 0 Å². The van der Waals surface area contributed by atoms with Gasteiger partial charge in [0.15, 0.2) is 11.5 Å². The van der Waals surface area contributed by atoms with Crippen molar-refractivity contribution in [2.24, 2.45) is 0 Å². The van der Waals surface area contributed by atoms with Crippen molar-refractivity contribution in [3.63, 3.8) is 0 Å². The van der Waals surface area contributed by atoms with Gasteiger partial charge >= 0.3 is 6.03 Å². The topological polar surface area (TPSA) is 63.9 Å². The summed E-state index contributed by atoms with van der Waals surface area (Å²) in [6, 6.07) is 10.9. The molecule has 0 aliphatic heterocycles. The lowest BCUT2D eigenvalue weighted by atomic mass is 10.2. The highest BCUT2D eigenvalue weighted by Crippen LogP contribution is 2.30. The van der Waals surface area contributed by atoms with Crippen molar-refractivity contribution in [3.05, 3.63) is 64.7 Å². The van der Waals surface area contributed by atoms with Crippen LogP contribution in [0.3, 0.4) is 0 Å². The second-order valence-electron chi connectivity index (χ2n) is 5.57. The molecule has 3 rings (SSSR count). The van der Waals surface area contributed by atoms with Gasteiger partial charge in [0.1, 0.15) is 0 Å². The molecule has 0 bridgehead atoms. The molecule has 2 aromatic heterocycles. The van der Waals surface area contributed by atoms with E-state index in [1.165, 1.54) is 0 Å². The lowest BCUT2D eigenvalue weighted by molar-refractivity contribution is 0.207. The van der Waals surface area contributed by atoms with Crippen LogP contribution in [0.1, 0.15) is 10.4 Å². The van der Waals surface area contributed by atoms with E-state index in [1.54, 1.807) is 61.2 Å². The molecule has 0 saturated carbocycles. The minimum Gasteiger partial charge on any atom is -0.493 e. The fourth-order valence-electron chi connectivity index (χ4n) is 2.51. The predicted octanol–water partition coefficient (Wildman–Crippen LogP) is 4.59. The predicted molar refractivity (Wildman–Crippen MR) is 101 cm³/mol. The Labute approximate surface area is 156 Å². The number of anilines is 1. The van der Waals surface area contributed by atoms with Crippen LogP contribution in [-0.4, -0.2) is 25.2 Å². The van der Waals surface area contributed by atoms with E-state index in [9.17, 15) is 4.79 Å². The Balaban J connectivity index is 1.76. The van der Waals surface area contributed by atoms with Crippen LogP contribution in [0.15, 0.2) is 58.7 Å². The highest BCUT2D eigenvalue weighted by atomic mass is 32.1. The standard InChI is InChI=1S/C19H20N2O4S/c1-23-17-6-5-15(10-18(17)24-2)20-19(22)21(11-14-7-8-25-13-14)12-16-4-3-9-26-16/h3-10,13H,11-12H2,1-2H3,(H,20,22). The second kappa shape index (κ2) is 8.44. The zero-order chi connectivity index (χ0) is 18.4. The number of amides is 2. The van der Waals surface area contributed by atoms with Gasteiger partial charge in [-0.25, -0.2) is 4.79 Å². The molecule has 0 aliphatic rings. The fraction of sp³-hybridized carbons (Fsp3) is 0.211. The summed E-state index contributed by atoms with van der Waals surface area (Å²) >= 11 is 1.62. The van der Waals surface area contributed by atoms with E-state index < -0.39 is 0 Å². The molecule has 7 heteroatoms. The Bertz CT molecular complexity index is 795. The smallest absolute Gasteiger partial charge is 0.322 e. The van der Waals surface area contributed by atoms with Gasteiger partial charge in [-0.05, 0) is 29.6 Å². The van der Waals surface area contributed by atoms with Crippen LogP contribution in [0.4, 0.5) is 10.5 Å². The number of ether oxygens (including phenoxy) is 2. The van der Waals surface area contributed by atoms with Crippen LogP contribution in [0.2, 0.25) is 0 Å². The Hall–Kier alpha value is -2.93. The number of urea groups is 1. The van der Waals surface area contributed by atoms with Gasteiger partial charge < -0.3 is 24.1 Å². The molecule has 0 saturated heterocycles. The number of benzene rings is 1. The molecule has 0 spiro atoms. The normalized spacial score (nSPS) is 10.4. The van der Waals surface area contributed by atoms with Crippen molar-refractivity contribution in [1.29, 1.82) is 0 Å². The SMILES string of the molecule is COc1ccc(NC(=O)N(Cc2ccoc2)Cc2cccs2)cc1OC. The molecule has 136 valence electrons.